The first-order valence-corrected chi connectivity index (χ1v) is 6.64. The second kappa shape index (κ2) is 5.97. The fraction of sp³-hybridized carbons (Fsp3) is 0.400. The average Bonchev–Trinajstić information content (AvgIpc) is 2.78. The number of hydrogen-bond acceptors (Lipinski definition) is 2. The Bertz CT molecular complexity index is 531. The zero-order valence-corrected chi connectivity index (χ0v) is 11.7. The van der Waals surface area contributed by atoms with Gasteiger partial charge in [-0.05, 0) is 44.5 Å². The molecule has 0 aliphatic heterocycles. The summed E-state index contributed by atoms with van der Waals surface area (Å²) in [6.45, 7) is 7.16. The van der Waals surface area contributed by atoms with Crippen molar-refractivity contribution in [3.63, 3.8) is 0 Å². The maximum absolute atomic E-state index is 12.9. The molecular formula is C15H20FN3. The second-order valence-corrected chi connectivity index (χ2v) is 4.83. The molecule has 1 heterocycles. The molecule has 2 aromatic rings. The lowest BCUT2D eigenvalue weighted by atomic mass is 10.2. The monoisotopic (exact) mass is 261 g/mol. The molecule has 3 nitrogen and oxygen atoms in total. The standard InChI is InChI=1S/C15H20FN3/c1-4-11(2)17-9-13-10-18-19(12(13)3)15-7-5-14(16)6-8-15/h5-8,10-11,17H,4,9H2,1-3H3. The van der Waals surface area contributed by atoms with Crippen molar-refractivity contribution >= 4 is 0 Å². The Morgan fingerprint density at radius 1 is 1.32 bits per heavy atom. The van der Waals surface area contributed by atoms with E-state index in [9.17, 15) is 4.39 Å². The third kappa shape index (κ3) is 3.20. The fourth-order valence-electron chi connectivity index (χ4n) is 1.89. The Balaban J connectivity index is 2.16. The van der Waals surface area contributed by atoms with E-state index in [2.05, 4.69) is 24.3 Å². The molecule has 1 aromatic carbocycles. The Labute approximate surface area is 113 Å². The molecule has 0 radical (unpaired) electrons. The molecule has 1 aromatic heterocycles. The first-order chi connectivity index (χ1) is 9.11. The Kier molecular flexibility index (Phi) is 4.32. The lowest BCUT2D eigenvalue weighted by Crippen LogP contribution is -2.24. The fourth-order valence-corrected chi connectivity index (χ4v) is 1.89. The molecule has 102 valence electrons. The number of aromatic nitrogens is 2. The summed E-state index contributed by atoms with van der Waals surface area (Å²) in [6, 6.07) is 6.87. The first-order valence-electron chi connectivity index (χ1n) is 6.64. The van der Waals surface area contributed by atoms with E-state index in [1.807, 2.05) is 17.8 Å². The zero-order chi connectivity index (χ0) is 13.8. The van der Waals surface area contributed by atoms with E-state index < -0.39 is 0 Å². The number of benzene rings is 1. The Morgan fingerprint density at radius 2 is 2.00 bits per heavy atom. The van der Waals surface area contributed by atoms with Crippen molar-refractivity contribution in [2.75, 3.05) is 0 Å². The van der Waals surface area contributed by atoms with E-state index in [1.165, 1.54) is 17.7 Å². The number of hydrogen-bond donors (Lipinski definition) is 1. The summed E-state index contributed by atoms with van der Waals surface area (Å²) >= 11 is 0. The normalized spacial score (nSPS) is 12.6. The third-order valence-corrected chi connectivity index (χ3v) is 3.44. The van der Waals surface area contributed by atoms with Crippen molar-refractivity contribution in [1.29, 1.82) is 0 Å². The van der Waals surface area contributed by atoms with Gasteiger partial charge in [0.2, 0.25) is 0 Å². The van der Waals surface area contributed by atoms with Crippen molar-refractivity contribution in [3.05, 3.63) is 47.5 Å². The van der Waals surface area contributed by atoms with E-state index in [1.54, 1.807) is 12.1 Å². The van der Waals surface area contributed by atoms with Crippen LogP contribution >= 0.6 is 0 Å². The van der Waals surface area contributed by atoms with Crippen LogP contribution < -0.4 is 5.32 Å². The highest BCUT2D eigenvalue weighted by atomic mass is 19.1. The van der Waals surface area contributed by atoms with Crippen LogP contribution in [0.1, 0.15) is 31.5 Å². The highest BCUT2D eigenvalue weighted by Gasteiger charge is 2.08. The molecule has 0 aliphatic carbocycles. The average molecular weight is 261 g/mol. The second-order valence-electron chi connectivity index (χ2n) is 4.83. The van der Waals surface area contributed by atoms with Gasteiger partial charge in [-0.1, -0.05) is 6.92 Å². The lowest BCUT2D eigenvalue weighted by Gasteiger charge is -2.11. The van der Waals surface area contributed by atoms with Gasteiger partial charge in [0.15, 0.2) is 0 Å². The van der Waals surface area contributed by atoms with Crippen LogP contribution in [0.5, 0.6) is 0 Å². The molecule has 2 rings (SSSR count). The molecule has 0 fully saturated rings. The smallest absolute Gasteiger partial charge is 0.123 e. The van der Waals surface area contributed by atoms with Crippen LogP contribution in [0.15, 0.2) is 30.5 Å². The SMILES string of the molecule is CCC(C)NCc1cnn(-c2ccc(F)cc2)c1C. The molecule has 19 heavy (non-hydrogen) atoms. The number of nitrogens with one attached hydrogen (secondary N) is 1. The number of nitrogens with zero attached hydrogens (tertiary/aromatic N) is 2. The molecule has 0 saturated carbocycles. The van der Waals surface area contributed by atoms with Crippen LogP contribution in [0.4, 0.5) is 4.39 Å². The van der Waals surface area contributed by atoms with E-state index >= 15 is 0 Å². The molecule has 0 bridgehead atoms. The van der Waals surface area contributed by atoms with Crippen LogP contribution in [0.3, 0.4) is 0 Å². The quantitative estimate of drug-likeness (QED) is 0.895. The van der Waals surface area contributed by atoms with E-state index in [0.717, 1.165) is 24.3 Å². The largest absolute Gasteiger partial charge is 0.310 e. The van der Waals surface area contributed by atoms with Gasteiger partial charge in [0.25, 0.3) is 0 Å². The van der Waals surface area contributed by atoms with Crippen LogP contribution in [-0.2, 0) is 6.54 Å². The summed E-state index contributed by atoms with van der Waals surface area (Å²) < 4.78 is 14.8. The Morgan fingerprint density at radius 3 is 2.63 bits per heavy atom. The highest BCUT2D eigenvalue weighted by molar-refractivity contribution is 5.34. The van der Waals surface area contributed by atoms with Crippen LogP contribution in [0, 0.1) is 12.7 Å². The summed E-state index contributed by atoms with van der Waals surface area (Å²) in [5.74, 6) is -0.229. The predicted molar refractivity (Wildman–Crippen MR) is 74.9 cm³/mol. The first kappa shape index (κ1) is 13.7. The van der Waals surface area contributed by atoms with Gasteiger partial charge in [0.1, 0.15) is 5.82 Å². The number of halogens is 1. The molecule has 1 N–H and O–H groups in total. The lowest BCUT2D eigenvalue weighted by molar-refractivity contribution is 0.533. The summed E-state index contributed by atoms with van der Waals surface area (Å²) in [7, 11) is 0. The molecule has 4 heteroatoms. The minimum atomic E-state index is -0.229. The Hall–Kier alpha value is -1.68. The van der Waals surface area contributed by atoms with Crippen LogP contribution in [-0.4, -0.2) is 15.8 Å². The zero-order valence-electron chi connectivity index (χ0n) is 11.7. The van der Waals surface area contributed by atoms with Crippen molar-refractivity contribution < 1.29 is 4.39 Å². The van der Waals surface area contributed by atoms with Gasteiger partial charge in [0, 0.05) is 23.8 Å². The van der Waals surface area contributed by atoms with Crippen molar-refractivity contribution in [1.82, 2.24) is 15.1 Å². The van der Waals surface area contributed by atoms with Gasteiger partial charge in [-0.3, -0.25) is 0 Å². The molecule has 0 saturated heterocycles. The van der Waals surface area contributed by atoms with Crippen molar-refractivity contribution in [2.24, 2.45) is 0 Å². The maximum Gasteiger partial charge on any atom is 0.123 e. The summed E-state index contributed by atoms with van der Waals surface area (Å²) in [5, 5.41) is 7.82. The molecule has 1 atom stereocenters. The molecule has 0 amide bonds. The summed E-state index contributed by atoms with van der Waals surface area (Å²) in [6.07, 6.45) is 2.97. The van der Waals surface area contributed by atoms with Crippen molar-refractivity contribution in [2.45, 2.75) is 39.8 Å². The number of rotatable bonds is 5. The van der Waals surface area contributed by atoms with E-state index in [-0.39, 0.29) is 5.82 Å². The van der Waals surface area contributed by atoms with E-state index in [0.29, 0.717) is 6.04 Å². The van der Waals surface area contributed by atoms with Gasteiger partial charge in [-0.15, -0.1) is 0 Å². The van der Waals surface area contributed by atoms with Gasteiger partial charge in [0.05, 0.1) is 11.9 Å². The van der Waals surface area contributed by atoms with Gasteiger partial charge in [-0.25, -0.2) is 9.07 Å². The van der Waals surface area contributed by atoms with Crippen LogP contribution in [0.2, 0.25) is 0 Å². The predicted octanol–water partition coefficient (Wildman–Crippen LogP) is 3.21. The minimum absolute atomic E-state index is 0.229. The van der Waals surface area contributed by atoms with Gasteiger partial charge < -0.3 is 5.32 Å². The molecular weight excluding hydrogens is 241 g/mol. The topological polar surface area (TPSA) is 29.9 Å². The van der Waals surface area contributed by atoms with Crippen LogP contribution in [0.25, 0.3) is 5.69 Å². The molecule has 0 spiro atoms. The molecule has 0 aliphatic rings. The highest BCUT2D eigenvalue weighted by Crippen LogP contribution is 2.14. The summed E-state index contributed by atoms with van der Waals surface area (Å²) in [5.41, 5.74) is 3.14. The third-order valence-electron chi connectivity index (χ3n) is 3.44. The van der Waals surface area contributed by atoms with Gasteiger partial charge >= 0.3 is 0 Å². The molecule has 1 unspecified atom stereocenters. The van der Waals surface area contributed by atoms with Crippen molar-refractivity contribution in [3.8, 4) is 5.69 Å². The maximum atomic E-state index is 12.9. The van der Waals surface area contributed by atoms with E-state index in [4.69, 9.17) is 0 Å². The minimum Gasteiger partial charge on any atom is -0.310 e. The van der Waals surface area contributed by atoms with Gasteiger partial charge in [-0.2, -0.15) is 5.10 Å². The summed E-state index contributed by atoms with van der Waals surface area (Å²) in [4.78, 5) is 0.